The van der Waals surface area contributed by atoms with Crippen LogP contribution >= 0.6 is 11.6 Å². The molecule has 0 radical (unpaired) electrons. The van der Waals surface area contributed by atoms with Gasteiger partial charge < -0.3 is 10.1 Å². The topological polar surface area (TPSA) is 39.1 Å². The fraction of sp³-hybridized carbons (Fsp3) is 0.812. The molecule has 0 spiro atoms. The van der Waals surface area contributed by atoms with Crippen molar-refractivity contribution in [1.82, 2.24) is 15.1 Å². The van der Waals surface area contributed by atoms with Crippen LogP contribution in [0.1, 0.15) is 44.4 Å². The van der Waals surface area contributed by atoms with Crippen LogP contribution in [-0.2, 0) is 18.2 Å². The van der Waals surface area contributed by atoms with Crippen LogP contribution in [0.2, 0.25) is 5.15 Å². The molecule has 0 saturated heterocycles. The molecule has 1 atom stereocenters. The predicted molar refractivity (Wildman–Crippen MR) is 86.9 cm³/mol. The summed E-state index contributed by atoms with van der Waals surface area (Å²) in [5.74, 6) is 0.779. The van der Waals surface area contributed by atoms with Gasteiger partial charge in [0, 0.05) is 25.3 Å². The Labute approximate surface area is 133 Å². The lowest BCUT2D eigenvalue weighted by Crippen LogP contribution is -2.39. The van der Waals surface area contributed by atoms with Crippen LogP contribution in [0, 0.1) is 12.8 Å². The molecule has 1 unspecified atom stereocenters. The molecule has 21 heavy (non-hydrogen) atoms. The molecule has 0 aromatic carbocycles. The first-order valence-corrected chi connectivity index (χ1v) is 8.45. The van der Waals surface area contributed by atoms with Gasteiger partial charge in [0.1, 0.15) is 5.15 Å². The Kier molecular flexibility index (Phi) is 6.08. The van der Waals surface area contributed by atoms with Crippen LogP contribution in [0.25, 0.3) is 0 Å². The Bertz CT molecular complexity index is 455. The molecule has 0 bridgehead atoms. The molecule has 5 heteroatoms. The average Bonchev–Trinajstić information content (AvgIpc) is 2.63. The molecule has 1 saturated carbocycles. The van der Waals surface area contributed by atoms with Crippen LogP contribution in [0.4, 0.5) is 0 Å². The summed E-state index contributed by atoms with van der Waals surface area (Å²) in [6.45, 7) is 8.09. The SMILES string of the molecule is CCNC(Cc1c(C)nn(C)c1Cl)CC1CC(OCC)C1. The predicted octanol–water partition coefficient (Wildman–Crippen LogP) is 3.11. The fourth-order valence-electron chi connectivity index (χ4n) is 3.32. The van der Waals surface area contributed by atoms with Crippen LogP contribution < -0.4 is 5.32 Å². The maximum Gasteiger partial charge on any atom is 0.130 e. The van der Waals surface area contributed by atoms with Crippen LogP contribution in [0.3, 0.4) is 0 Å². The molecule has 1 heterocycles. The van der Waals surface area contributed by atoms with Gasteiger partial charge in [0.15, 0.2) is 0 Å². The summed E-state index contributed by atoms with van der Waals surface area (Å²) in [5.41, 5.74) is 2.23. The van der Waals surface area contributed by atoms with E-state index in [9.17, 15) is 0 Å². The lowest BCUT2D eigenvalue weighted by Gasteiger charge is -2.37. The van der Waals surface area contributed by atoms with Crippen molar-refractivity contribution in [2.75, 3.05) is 13.2 Å². The van der Waals surface area contributed by atoms with Crippen molar-refractivity contribution in [2.24, 2.45) is 13.0 Å². The van der Waals surface area contributed by atoms with Gasteiger partial charge in [0.2, 0.25) is 0 Å². The third-order valence-electron chi connectivity index (χ3n) is 4.43. The lowest BCUT2D eigenvalue weighted by atomic mass is 9.77. The number of likely N-dealkylation sites (N-methyl/N-ethyl adjacent to an activating group) is 1. The zero-order valence-electron chi connectivity index (χ0n) is 13.7. The highest BCUT2D eigenvalue weighted by molar-refractivity contribution is 6.30. The van der Waals surface area contributed by atoms with Crippen LogP contribution in [0.15, 0.2) is 0 Å². The molecule has 2 rings (SSSR count). The van der Waals surface area contributed by atoms with E-state index in [1.165, 1.54) is 24.8 Å². The van der Waals surface area contributed by atoms with Gasteiger partial charge in [-0.25, -0.2) is 0 Å². The second-order valence-corrected chi connectivity index (χ2v) is 6.45. The second-order valence-electron chi connectivity index (χ2n) is 6.09. The first kappa shape index (κ1) is 16.8. The molecular formula is C16H28ClN3O. The van der Waals surface area contributed by atoms with E-state index < -0.39 is 0 Å². The number of aromatic nitrogens is 2. The van der Waals surface area contributed by atoms with Gasteiger partial charge in [-0.2, -0.15) is 5.10 Å². The number of nitrogens with one attached hydrogen (secondary N) is 1. The maximum atomic E-state index is 6.36. The molecule has 4 nitrogen and oxygen atoms in total. The molecule has 120 valence electrons. The minimum atomic E-state index is 0.475. The Balaban J connectivity index is 1.90. The highest BCUT2D eigenvalue weighted by atomic mass is 35.5. The van der Waals surface area contributed by atoms with Gasteiger partial charge in [-0.1, -0.05) is 18.5 Å². The van der Waals surface area contributed by atoms with Crippen molar-refractivity contribution < 1.29 is 4.74 Å². The zero-order valence-corrected chi connectivity index (χ0v) is 14.4. The van der Waals surface area contributed by atoms with Gasteiger partial charge in [0.05, 0.1) is 11.8 Å². The van der Waals surface area contributed by atoms with Gasteiger partial charge in [0.25, 0.3) is 0 Å². The van der Waals surface area contributed by atoms with E-state index in [0.717, 1.165) is 36.3 Å². The summed E-state index contributed by atoms with van der Waals surface area (Å²) in [6, 6.07) is 0.475. The van der Waals surface area contributed by atoms with Gasteiger partial charge in [-0.3, -0.25) is 4.68 Å². The smallest absolute Gasteiger partial charge is 0.130 e. The van der Waals surface area contributed by atoms with Crippen molar-refractivity contribution >= 4 is 11.6 Å². The Hall–Kier alpha value is -0.580. The molecule has 0 amide bonds. The summed E-state index contributed by atoms with van der Waals surface area (Å²) in [6.07, 6.45) is 5.06. The van der Waals surface area contributed by atoms with E-state index in [1.54, 1.807) is 4.68 Å². The first-order valence-electron chi connectivity index (χ1n) is 8.08. The normalized spacial score (nSPS) is 23.1. The van der Waals surface area contributed by atoms with E-state index in [4.69, 9.17) is 16.3 Å². The van der Waals surface area contributed by atoms with Gasteiger partial charge in [-0.15, -0.1) is 0 Å². The lowest BCUT2D eigenvalue weighted by molar-refractivity contribution is -0.0289. The third kappa shape index (κ3) is 4.21. The molecule has 1 aromatic rings. The van der Waals surface area contributed by atoms with E-state index in [0.29, 0.717) is 12.1 Å². The quantitative estimate of drug-likeness (QED) is 0.801. The second kappa shape index (κ2) is 7.61. The Morgan fingerprint density at radius 2 is 2.14 bits per heavy atom. The minimum absolute atomic E-state index is 0.475. The minimum Gasteiger partial charge on any atom is -0.378 e. The average molecular weight is 314 g/mol. The van der Waals surface area contributed by atoms with Crippen molar-refractivity contribution in [3.8, 4) is 0 Å². The number of rotatable bonds is 8. The van der Waals surface area contributed by atoms with E-state index in [1.807, 2.05) is 14.0 Å². The number of hydrogen-bond donors (Lipinski definition) is 1. The van der Waals surface area contributed by atoms with E-state index >= 15 is 0 Å². The summed E-state index contributed by atoms with van der Waals surface area (Å²) in [4.78, 5) is 0. The summed E-state index contributed by atoms with van der Waals surface area (Å²) in [5, 5.41) is 8.79. The molecule has 1 fully saturated rings. The zero-order chi connectivity index (χ0) is 15.4. The van der Waals surface area contributed by atoms with E-state index in [-0.39, 0.29) is 0 Å². The van der Waals surface area contributed by atoms with Crippen molar-refractivity contribution in [3.63, 3.8) is 0 Å². The molecule has 1 aromatic heterocycles. The standard InChI is InChI=1S/C16H28ClN3O/c1-5-18-13(7-12-8-14(9-12)21-6-2)10-15-11(3)19-20(4)16(15)17/h12-14,18H,5-10H2,1-4H3. The molecule has 1 aliphatic rings. The molecule has 1 N–H and O–H groups in total. The van der Waals surface area contributed by atoms with Crippen molar-refractivity contribution in [1.29, 1.82) is 0 Å². The molecular weight excluding hydrogens is 286 g/mol. The largest absolute Gasteiger partial charge is 0.378 e. The number of ether oxygens (including phenoxy) is 1. The molecule has 0 aliphatic heterocycles. The number of hydrogen-bond acceptors (Lipinski definition) is 3. The van der Waals surface area contributed by atoms with Crippen molar-refractivity contribution in [3.05, 3.63) is 16.4 Å². The van der Waals surface area contributed by atoms with Gasteiger partial charge >= 0.3 is 0 Å². The summed E-state index contributed by atoms with van der Waals surface area (Å²) >= 11 is 6.36. The molecule has 1 aliphatic carbocycles. The van der Waals surface area contributed by atoms with Gasteiger partial charge in [-0.05, 0) is 52.0 Å². The fourth-order valence-corrected chi connectivity index (χ4v) is 3.57. The number of halogens is 1. The third-order valence-corrected chi connectivity index (χ3v) is 4.90. The number of aryl methyl sites for hydroxylation is 2. The van der Waals surface area contributed by atoms with Crippen LogP contribution in [0.5, 0.6) is 0 Å². The summed E-state index contributed by atoms with van der Waals surface area (Å²) < 4.78 is 7.42. The van der Waals surface area contributed by atoms with Crippen LogP contribution in [-0.4, -0.2) is 35.1 Å². The highest BCUT2D eigenvalue weighted by Crippen LogP contribution is 2.34. The first-order chi connectivity index (χ1) is 10.0. The number of nitrogens with zero attached hydrogens (tertiary/aromatic N) is 2. The van der Waals surface area contributed by atoms with Crippen molar-refractivity contribution in [2.45, 2.75) is 58.6 Å². The maximum absolute atomic E-state index is 6.36. The Morgan fingerprint density at radius 1 is 1.43 bits per heavy atom. The monoisotopic (exact) mass is 313 g/mol. The van der Waals surface area contributed by atoms with E-state index in [2.05, 4.69) is 24.3 Å². The Morgan fingerprint density at radius 3 is 2.67 bits per heavy atom. The summed E-state index contributed by atoms with van der Waals surface area (Å²) in [7, 11) is 1.90. The highest BCUT2D eigenvalue weighted by Gasteiger charge is 2.31.